The van der Waals surface area contributed by atoms with Crippen LogP contribution in [0.5, 0.6) is 5.75 Å². The number of azide groups is 1. The average Bonchev–Trinajstić information content (AvgIpc) is 2.86. The summed E-state index contributed by atoms with van der Waals surface area (Å²) in [7, 11) is 1.56. The number of benzene rings is 1. The summed E-state index contributed by atoms with van der Waals surface area (Å²) in [6.07, 6.45) is -0.666. The Balaban J connectivity index is 2.35. The number of aromatic nitrogens is 1. The zero-order valence-electron chi connectivity index (χ0n) is 10.3. The number of ether oxygens (including phenoxy) is 1. The van der Waals surface area contributed by atoms with E-state index in [0.29, 0.717) is 11.3 Å². The Kier molecular flexibility index (Phi) is 3.91. The Morgan fingerprint density at radius 2 is 2.26 bits per heavy atom. The van der Waals surface area contributed by atoms with Crippen LogP contribution < -0.4 is 4.74 Å². The van der Waals surface area contributed by atoms with E-state index in [1.165, 1.54) is 0 Å². The molecule has 0 aliphatic carbocycles. The minimum absolute atomic E-state index is 0.186. The summed E-state index contributed by atoms with van der Waals surface area (Å²) >= 11 is 0. The molecule has 19 heavy (non-hydrogen) atoms. The second-order valence-corrected chi connectivity index (χ2v) is 4.08. The lowest BCUT2D eigenvalue weighted by Gasteiger charge is -2.15. The molecule has 0 saturated carbocycles. The maximum Gasteiger partial charge on any atom is 0.119 e. The van der Waals surface area contributed by atoms with Crippen LogP contribution in [-0.4, -0.2) is 35.0 Å². The summed E-state index contributed by atoms with van der Waals surface area (Å²) in [5, 5.41) is 23.8. The summed E-state index contributed by atoms with van der Waals surface area (Å²) < 4.78 is 5.13. The Bertz CT molecular complexity index is 618. The van der Waals surface area contributed by atoms with Crippen LogP contribution in [0, 0.1) is 0 Å². The first-order valence-electron chi connectivity index (χ1n) is 5.69. The molecule has 2 atom stereocenters. The van der Waals surface area contributed by atoms with Gasteiger partial charge in [0.1, 0.15) is 11.9 Å². The molecule has 7 nitrogen and oxygen atoms in total. The van der Waals surface area contributed by atoms with Crippen molar-refractivity contribution in [3.63, 3.8) is 0 Å². The van der Waals surface area contributed by atoms with Crippen LogP contribution in [0.1, 0.15) is 11.7 Å². The van der Waals surface area contributed by atoms with Crippen LogP contribution in [0.4, 0.5) is 0 Å². The van der Waals surface area contributed by atoms with E-state index in [2.05, 4.69) is 15.0 Å². The molecule has 7 heteroatoms. The van der Waals surface area contributed by atoms with Gasteiger partial charge in [-0.3, -0.25) is 0 Å². The van der Waals surface area contributed by atoms with E-state index >= 15 is 0 Å². The molecule has 0 amide bonds. The number of nitrogens with one attached hydrogen (secondary N) is 1. The molecule has 0 aliphatic rings. The van der Waals surface area contributed by atoms with Crippen molar-refractivity contribution in [1.82, 2.24) is 4.98 Å². The summed E-state index contributed by atoms with van der Waals surface area (Å²) in [5.74, 6) is 0.657. The summed E-state index contributed by atoms with van der Waals surface area (Å²) in [6, 6.07) is 5.39. The smallest absolute Gasteiger partial charge is 0.119 e. The van der Waals surface area contributed by atoms with Gasteiger partial charge in [-0.05, 0) is 23.7 Å². The molecular formula is C12H14N4O3. The van der Waals surface area contributed by atoms with Gasteiger partial charge >= 0.3 is 0 Å². The Morgan fingerprint density at radius 1 is 1.47 bits per heavy atom. The predicted octanol–water partition coefficient (Wildman–Crippen LogP) is 1.88. The number of H-pyrrole nitrogens is 1. The lowest BCUT2D eigenvalue weighted by Crippen LogP contribution is -2.20. The molecule has 1 aromatic carbocycles. The number of nitrogens with zero attached hydrogens (tertiary/aromatic N) is 3. The molecule has 2 aromatic rings. The third-order valence-corrected chi connectivity index (χ3v) is 2.94. The van der Waals surface area contributed by atoms with Crippen molar-refractivity contribution >= 4 is 10.9 Å². The van der Waals surface area contributed by atoms with Crippen molar-refractivity contribution in [2.45, 2.75) is 12.2 Å². The normalized spacial score (nSPS) is 13.8. The van der Waals surface area contributed by atoms with Gasteiger partial charge in [-0.1, -0.05) is 5.11 Å². The molecule has 100 valence electrons. The molecular weight excluding hydrogens is 248 g/mol. The monoisotopic (exact) mass is 262 g/mol. The minimum Gasteiger partial charge on any atom is -0.497 e. The quantitative estimate of drug-likeness (QED) is 0.434. The fraction of sp³-hybridized carbons (Fsp3) is 0.333. The number of hydrogen-bond donors (Lipinski definition) is 3. The van der Waals surface area contributed by atoms with Crippen LogP contribution in [0.3, 0.4) is 0 Å². The van der Waals surface area contributed by atoms with Crippen LogP contribution >= 0.6 is 0 Å². The fourth-order valence-electron chi connectivity index (χ4n) is 1.92. The summed E-state index contributed by atoms with van der Waals surface area (Å²) in [6.45, 7) is -0.186. The molecule has 2 rings (SSSR count). The van der Waals surface area contributed by atoms with Crippen molar-refractivity contribution in [2.24, 2.45) is 5.11 Å². The van der Waals surface area contributed by atoms with Gasteiger partial charge in [0.25, 0.3) is 0 Å². The SMILES string of the molecule is COc1ccc2[nH]cc(C(O)C(O)CN=[N+]=[N-])c2c1. The molecule has 0 fully saturated rings. The first-order valence-corrected chi connectivity index (χ1v) is 5.69. The van der Waals surface area contributed by atoms with Crippen LogP contribution in [0.15, 0.2) is 29.5 Å². The van der Waals surface area contributed by atoms with Gasteiger partial charge in [0, 0.05) is 27.6 Å². The maximum absolute atomic E-state index is 10.1. The van der Waals surface area contributed by atoms with Crippen molar-refractivity contribution in [3.05, 3.63) is 40.4 Å². The van der Waals surface area contributed by atoms with Gasteiger partial charge in [-0.15, -0.1) is 0 Å². The molecule has 0 spiro atoms. The van der Waals surface area contributed by atoms with Crippen molar-refractivity contribution in [2.75, 3.05) is 13.7 Å². The van der Waals surface area contributed by atoms with Crippen molar-refractivity contribution in [3.8, 4) is 5.75 Å². The highest BCUT2D eigenvalue weighted by Gasteiger charge is 2.21. The van der Waals surface area contributed by atoms with Gasteiger partial charge in [-0.25, -0.2) is 0 Å². The van der Waals surface area contributed by atoms with Crippen molar-refractivity contribution in [1.29, 1.82) is 0 Å². The maximum atomic E-state index is 10.1. The van der Waals surface area contributed by atoms with Gasteiger partial charge in [0.15, 0.2) is 0 Å². The zero-order valence-corrected chi connectivity index (χ0v) is 10.3. The highest BCUT2D eigenvalue weighted by atomic mass is 16.5. The third kappa shape index (κ3) is 2.63. The molecule has 0 aliphatic heterocycles. The zero-order chi connectivity index (χ0) is 13.8. The highest BCUT2D eigenvalue weighted by molar-refractivity contribution is 5.85. The first kappa shape index (κ1) is 13.2. The van der Waals surface area contributed by atoms with E-state index in [4.69, 9.17) is 10.3 Å². The van der Waals surface area contributed by atoms with E-state index in [1.807, 2.05) is 6.07 Å². The second-order valence-electron chi connectivity index (χ2n) is 4.08. The number of methoxy groups -OCH3 is 1. The number of aromatic amines is 1. The minimum atomic E-state index is -1.15. The lowest BCUT2D eigenvalue weighted by molar-refractivity contribution is 0.0253. The fourth-order valence-corrected chi connectivity index (χ4v) is 1.92. The number of fused-ring (bicyclic) bond motifs is 1. The average molecular weight is 262 g/mol. The summed E-state index contributed by atoms with van der Waals surface area (Å²) in [4.78, 5) is 5.56. The number of hydrogen-bond acceptors (Lipinski definition) is 4. The van der Waals surface area contributed by atoms with Gasteiger partial charge in [0.2, 0.25) is 0 Å². The largest absolute Gasteiger partial charge is 0.497 e. The summed E-state index contributed by atoms with van der Waals surface area (Å²) in [5.41, 5.74) is 9.57. The van der Waals surface area contributed by atoms with E-state index in [-0.39, 0.29) is 6.54 Å². The first-order chi connectivity index (χ1) is 9.17. The topological polar surface area (TPSA) is 114 Å². The Labute approximate surface area is 109 Å². The molecule has 0 radical (unpaired) electrons. The van der Waals surface area contributed by atoms with Gasteiger partial charge in [0.05, 0.1) is 19.8 Å². The van der Waals surface area contributed by atoms with E-state index in [9.17, 15) is 10.2 Å². The molecule has 0 saturated heterocycles. The predicted molar refractivity (Wildman–Crippen MR) is 69.8 cm³/mol. The Morgan fingerprint density at radius 3 is 2.95 bits per heavy atom. The van der Waals surface area contributed by atoms with E-state index in [0.717, 1.165) is 10.9 Å². The van der Waals surface area contributed by atoms with Crippen LogP contribution in [-0.2, 0) is 0 Å². The highest BCUT2D eigenvalue weighted by Crippen LogP contribution is 2.29. The van der Waals surface area contributed by atoms with Crippen LogP contribution in [0.2, 0.25) is 0 Å². The molecule has 2 unspecified atom stereocenters. The van der Waals surface area contributed by atoms with Gasteiger partial charge < -0.3 is 19.9 Å². The number of aliphatic hydroxyl groups excluding tert-OH is 2. The molecule has 1 aromatic heterocycles. The third-order valence-electron chi connectivity index (χ3n) is 2.94. The second kappa shape index (κ2) is 5.62. The molecule has 3 N–H and O–H groups in total. The standard InChI is InChI=1S/C12H14N4O3/c1-19-7-2-3-10-8(4-7)9(5-14-10)12(18)11(17)6-15-16-13/h2-5,11-12,14,17-18H,6H2,1H3. The Hall–Kier alpha value is -2.21. The van der Waals surface area contributed by atoms with Crippen LogP contribution in [0.25, 0.3) is 21.3 Å². The number of aliphatic hydroxyl groups is 2. The lowest BCUT2D eigenvalue weighted by atomic mass is 10.0. The number of rotatable bonds is 5. The molecule has 1 heterocycles. The van der Waals surface area contributed by atoms with Crippen molar-refractivity contribution < 1.29 is 14.9 Å². The molecule has 0 bridgehead atoms. The van der Waals surface area contributed by atoms with Gasteiger partial charge in [-0.2, -0.15) is 0 Å². The van der Waals surface area contributed by atoms with E-state index in [1.54, 1.807) is 25.4 Å². The van der Waals surface area contributed by atoms with E-state index < -0.39 is 12.2 Å².